The summed E-state index contributed by atoms with van der Waals surface area (Å²) < 4.78 is 15.2. The summed E-state index contributed by atoms with van der Waals surface area (Å²) in [6.45, 7) is 10.9. The maximum Gasteiger partial charge on any atom is 0.332 e. The van der Waals surface area contributed by atoms with Crippen LogP contribution >= 0.6 is 0 Å². The maximum absolute atomic E-state index is 11.2. The van der Waals surface area contributed by atoms with Crippen molar-refractivity contribution in [3.8, 4) is 0 Å². The van der Waals surface area contributed by atoms with Gasteiger partial charge in [0.1, 0.15) is 6.61 Å². The van der Waals surface area contributed by atoms with Crippen molar-refractivity contribution in [1.82, 2.24) is 0 Å². The van der Waals surface area contributed by atoms with Crippen LogP contribution in [0, 0.1) is 0 Å². The predicted molar refractivity (Wildman–Crippen MR) is 66.4 cm³/mol. The molecule has 0 N–H and O–H groups in total. The quantitative estimate of drug-likeness (QED) is 0.355. The first-order valence-corrected chi connectivity index (χ1v) is 9.47. The van der Waals surface area contributed by atoms with Crippen LogP contribution in [0.25, 0.3) is 0 Å². The van der Waals surface area contributed by atoms with Crippen molar-refractivity contribution in [2.24, 2.45) is 0 Å². The molecule has 96 valence electrons. The topological polar surface area (TPSA) is 44.8 Å². The number of hydrogen-bond acceptors (Lipinski definition) is 4. The van der Waals surface area contributed by atoms with E-state index in [1.54, 1.807) is 0 Å². The van der Waals surface area contributed by atoms with Gasteiger partial charge in [0, 0.05) is 14.7 Å². The van der Waals surface area contributed by atoms with E-state index >= 15 is 0 Å². The third kappa shape index (κ3) is 11.7. The number of hydrogen-bond donors (Lipinski definition) is 0. The third-order valence-corrected chi connectivity index (χ3v) is 3.62. The van der Waals surface area contributed by atoms with E-state index in [1.165, 1.54) is 0 Å². The van der Waals surface area contributed by atoms with Crippen molar-refractivity contribution in [3.05, 3.63) is 0 Å². The Kier molecular flexibility index (Phi) is 8.51. The van der Waals surface area contributed by atoms with E-state index < -0.39 is 8.07 Å². The molecule has 0 atom stereocenters. The minimum atomic E-state index is -1.11. The number of carbonyl (C=O) groups is 1. The molecule has 0 aromatic rings. The van der Waals surface area contributed by atoms with Crippen LogP contribution in [0.3, 0.4) is 0 Å². The number of rotatable bonds is 9. The molecule has 0 aliphatic rings. The summed E-state index contributed by atoms with van der Waals surface area (Å²) in [5, 5.41) is 0. The van der Waals surface area contributed by atoms with E-state index in [1.807, 2.05) is 6.92 Å². The van der Waals surface area contributed by atoms with Crippen molar-refractivity contribution in [3.63, 3.8) is 0 Å². The molecule has 0 bridgehead atoms. The van der Waals surface area contributed by atoms with Gasteiger partial charge in [-0.05, 0) is 13.0 Å². The van der Waals surface area contributed by atoms with E-state index in [9.17, 15) is 4.79 Å². The second-order valence-corrected chi connectivity index (χ2v) is 10.4. The second-order valence-electron chi connectivity index (χ2n) is 4.78. The maximum atomic E-state index is 11.2. The average Bonchev–Trinajstić information content (AvgIpc) is 2.15. The normalized spacial score (nSPS) is 11.5. The molecular weight excluding hydrogens is 224 g/mol. The summed E-state index contributed by atoms with van der Waals surface area (Å²) in [5.41, 5.74) is 0. The molecule has 0 aliphatic carbocycles. The highest BCUT2D eigenvalue weighted by molar-refractivity contribution is 6.76. The first-order chi connectivity index (χ1) is 7.45. The Morgan fingerprint density at radius 3 is 2.25 bits per heavy atom. The van der Waals surface area contributed by atoms with Crippen molar-refractivity contribution >= 4 is 14.0 Å². The van der Waals surface area contributed by atoms with Crippen molar-refractivity contribution in [1.29, 1.82) is 0 Å². The molecule has 0 rings (SSSR count). The summed E-state index contributed by atoms with van der Waals surface area (Å²) in [6, 6.07) is 0.998. The fourth-order valence-corrected chi connectivity index (χ4v) is 1.64. The molecule has 0 unspecified atom stereocenters. The molecule has 0 saturated carbocycles. The molecule has 4 nitrogen and oxygen atoms in total. The summed E-state index contributed by atoms with van der Waals surface area (Å²) in [4.78, 5) is 11.2. The minimum absolute atomic E-state index is 0.0266. The second kappa shape index (κ2) is 8.72. The van der Waals surface area contributed by atoms with Crippen LogP contribution in [0.5, 0.6) is 0 Å². The fraction of sp³-hybridized carbons (Fsp3) is 0.909. The Bertz CT molecular complexity index is 189. The van der Waals surface area contributed by atoms with Crippen LogP contribution < -0.4 is 0 Å². The summed E-state index contributed by atoms with van der Waals surface area (Å²) in [5.74, 6) is -0.283. The van der Waals surface area contributed by atoms with Crippen LogP contribution in [0.1, 0.15) is 6.92 Å². The van der Waals surface area contributed by atoms with Gasteiger partial charge in [0.25, 0.3) is 0 Å². The highest BCUT2D eigenvalue weighted by Gasteiger charge is 2.13. The lowest BCUT2D eigenvalue weighted by molar-refractivity contribution is -0.148. The van der Waals surface area contributed by atoms with Gasteiger partial charge >= 0.3 is 5.97 Å². The Balaban J connectivity index is 3.32. The zero-order valence-electron chi connectivity index (χ0n) is 10.9. The van der Waals surface area contributed by atoms with Gasteiger partial charge in [-0.15, -0.1) is 0 Å². The van der Waals surface area contributed by atoms with Gasteiger partial charge in [0.05, 0.1) is 19.8 Å². The number of esters is 1. The minimum Gasteiger partial charge on any atom is -0.464 e. The molecule has 0 aromatic carbocycles. The summed E-state index contributed by atoms with van der Waals surface area (Å²) in [7, 11) is -1.11. The van der Waals surface area contributed by atoms with Crippen LogP contribution in [-0.4, -0.2) is 47.1 Å². The Labute approximate surface area is 99.3 Å². The monoisotopic (exact) mass is 248 g/mol. The molecule has 0 fully saturated rings. The zero-order chi connectivity index (χ0) is 12.4. The molecule has 0 amide bonds. The zero-order valence-corrected chi connectivity index (χ0v) is 11.9. The van der Waals surface area contributed by atoms with Crippen molar-refractivity contribution in [2.75, 3.05) is 33.0 Å². The van der Waals surface area contributed by atoms with Crippen LogP contribution in [-0.2, 0) is 19.0 Å². The van der Waals surface area contributed by atoms with Gasteiger partial charge in [-0.2, -0.15) is 0 Å². The predicted octanol–water partition coefficient (Wildman–Crippen LogP) is 1.92. The van der Waals surface area contributed by atoms with Crippen LogP contribution in [0.15, 0.2) is 0 Å². The van der Waals surface area contributed by atoms with Gasteiger partial charge in [-0.1, -0.05) is 19.6 Å². The molecule has 5 heteroatoms. The highest BCUT2D eigenvalue weighted by Crippen LogP contribution is 2.07. The summed E-state index contributed by atoms with van der Waals surface area (Å²) >= 11 is 0. The van der Waals surface area contributed by atoms with Crippen molar-refractivity contribution < 1.29 is 19.0 Å². The standard InChI is InChI=1S/C11H24O4Si/c1-5-13-6-7-14-10-11(12)15-8-9-16(2,3)4/h5-10H2,1-4H3. The Morgan fingerprint density at radius 2 is 1.69 bits per heavy atom. The number of carbonyl (C=O) groups excluding carboxylic acids is 1. The molecular formula is C11H24O4Si. The Morgan fingerprint density at radius 1 is 1.06 bits per heavy atom. The van der Waals surface area contributed by atoms with Crippen molar-refractivity contribution in [2.45, 2.75) is 32.6 Å². The first kappa shape index (κ1) is 15.6. The molecule has 16 heavy (non-hydrogen) atoms. The smallest absolute Gasteiger partial charge is 0.332 e. The van der Waals surface area contributed by atoms with Crippen LogP contribution in [0.4, 0.5) is 0 Å². The van der Waals surface area contributed by atoms with E-state index in [0.29, 0.717) is 26.4 Å². The van der Waals surface area contributed by atoms with E-state index in [0.717, 1.165) is 6.04 Å². The lowest BCUT2D eigenvalue weighted by Gasteiger charge is -2.15. The molecule has 0 saturated heterocycles. The van der Waals surface area contributed by atoms with Gasteiger partial charge in [-0.3, -0.25) is 0 Å². The Hall–Kier alpha value is -0.393. The SMILES string of the molecule is CCOCCOCC(=O)OCC[Si](C)(C)C. The van der Waals surface area contributed by atoms with Gasteiger partial charge in [-0.25, -0.2) is 4.79 Å². The lowest BCUT2D eigenvalue weighted by atomic mass is 10.7. The number of ether oxygens (including phenoxy) is 3. The molecule has 0 aliphatic heterocycles. The summed E-state index contributed by atoms with van der Waals surface area (Å²) in [6.07, 6.45) is 0. The molecule has 0 spiro atoms. The van der Waals surface area contributed by atoms with Crippen LogP contribution in [0.2, 0.25) is 25.7 Å². The molecule has 0 aromatic heterocycles. The highest BCUT2D eigenvalue weighted by atomic mass is 28.3. The van der Waals surface area contributed by atoms with Gasteiger partial charge < -0.3 is 14.2 Å². The third-order valence-electron chi connectivity index (χ3n) is 1.91. The lowest BCUT2D eigenvalue weighted by Crippen LogP contribution is -2.24. The average molecular weight is 248 g/mol. The van der Waals surface area contributed by atoms with Gasteiger partial charge in [0.15, 0.2) is 0 Å². The fourth-order valence-electron chi connectivity index (χ4n) is 0.930. The molecule has 0 radical (unpaired) electrons. The molecule has 0 heterocycles. The van der Waals surface area contributed by atoms with E-state index in [4.69, 9.17) is 14.2 Å². The first-order valence-electron chi connectivity index (χ1n) is 5.77. The largest absolute Gasteiger partial charge is 0.464 e. The van der Waals surface area contributed by atoms with E-state index in [2.05, 4.69) is 19.6 Å². The van der Waals surface area contributed by atoms with E-state index in [-0.39, 0.29) is 12.6 Å². The van der Waals surface area contributed by atoms with Gasteiger partial charge in [0.2, 0.25) is 0 Å².